The van der Waals surface area contributed by atoms with Gasteiger partial charge in [0.15, 0.2) is 11.5 Å². The summed E-state index contributed by atoms with van der Waals surface area (Å²) in [5.74, 6) is 1.47. The molecule has 6 nitrogen and oxygen atoms in total. The van der Waals surface area contributed by atoms with E-state index in [1.54, 1.807) is 24.3 Å². The number of benzene rings is 2. The Labute approximate surface area is 145 Å². The lowest BCUT2D eigenvalue weighted by molar-refractivity contribution is 0.171. The Bertz CT molecular complexity index is 851. The number of nitriles is 1. The lowest BCUT2D eigenvalue weighted by Crippen LogP contribution is -2.38. The fourth-order valence-electron chi connectivity index (χ4n) is 2.96. The van der Waals surface area contributed by atoms with Gasteiger partial charge in [0.2, 0.25) is 0 Å². The van der Waals surface area contributed by atoms with E-state index in [0.717, 1.165) is 29.9 Å². The number of nitrogens with one attached hydrogen (secondary N) is 2. The Hall–Kier alpha value is -3.20. The molecule has 0 spiro atoms. The smallest absolute Gasteiger partial charge is 0.319 e. The lowest BCUT2D eigenvalue weighted by atomic mass is 10.0. The van der Waals surface area contributed by atoms with Crippen LogP contribution in [-0.2, 0) is 5.54 Å². The van der Waals surface area contributed by atoms with E-state index in [1.807, 2.05) is 18.2 Å². The molecule has 2 amide bonds. The summed E-state index contributed by atoms with van der Waals surface area (Å²) in [6.45, 7) is 1.10. The van der Waals surface area contributed by atoms with Crippen LogP contribution in [-0.4, -0.2) is 19.2 Å². The van der Waals surface area contributed by atoms with Gasteiger partial charge in [0, 0.05) is 5.69 Å². The van der Waals surface area contributed by atoms with Gasteiger partial charge in [-0.25, -0.2) is 4.79 Å². The predicted octanol–water partition coefficient (Wildman–Crippen LogP) is 3.14. The SMILES string of the molecule is N#Cc1ccc(NC(=O)NC2(c3ccc4c(c3)OCCO4)CC2)cc1. The van der Waals surface area contributed by atoms with Crippen molar-refractivity contribution in [2.24, 2.45) is 0 Å². The molecule has 0 bridgehead atoms. The molecule has 1 fully saturated rings. The summed E-state index contributed by atoms with van der Waals surface area (Å²) in [5.41, 5.74) is 1.87. The molecule has 6 heteroatoms. The van der Waals surface area contributed by atoms with Crippen molar-refractivity contribution >= 4 is 11.7 Å². The zero-order chi connectivity index (χ0) is 17.3. The van der Waals surface area contributed by atoms with Gasteiger partial charge in [0.1, 0.15) is 13.2 Å². The number of hydrogen-bond donors (Lipinski definition) is 2. The topological polar surface area (TPSA) is 83.4 Å². The lowest BCUT2D eigenvalue weighted by Gasteiger charge is -2.23. The normalized spacial score (nSPS) is 16.4. The largest absolute Gasteiger partial charge is 0.486 e. The monoisotopic (exact) mass is 335 g/mol. The number of carbonyl (C=O) groups excluding carboxylic acids is 1. The van der Waals surface area contributed by atoms with Crippen molar-refractivity contribution in [1.82, 2.24) is 5.32 Å². The average Bonchev–Trinajstić information content (AvgIpc) is 3.42. The third-order valence-electron chi connectivity index (χ3n) is 4.47. The van der Waals surface area contributed by atoms with Gasteiger partial charge >= 0.3 is 6.03 Å². The highest BCUT2D eigenvalue weighted by atomic mass is 16.6. The molecular formula is C19H17N3O3. The molecule has 25 heavy (non-hydrogen) atoms. The summed E-state index contributed by atoms with van der Waals surface area (Å²) >= 11 is 0. The van der Waals surface area contributed by atoms with Gasteiger partial charge in [-0.1, -0.05) is 6.07 Å². The van der Waals surface area contributed by atoms with Crippen LogP contribution < -0.4 is 20.1 Å². The Kier molecular flexibility index (Phi) is 3.69. The van der Waals surface area contributed by atoms with Crippen LogP contribution in [0.3, 0.4) is 0 Å². The quantitative estimate of drug-likeness (QED) is 0.902. The maximum Gasteiger partial charge on any atom is 0.319 e. The molecule has 1 aliphatic carbocycles. The predicted molar refractivity (Wildman–Crippen MR) is 91.7 cm³/mol. The van der Waals surface area contributed by atoms with E-state index >= 15 is 0 Å². The summed E-state index contributed by atoms with van der Waals surface area (Å²) in [6, 6.07) is 14.4. The second-order valence-corrected chi connectivity index (χ2v) is 6.21. The molecule has 1 aliphatic heterocycles. The number of rotatable bonds is 3. The first-order valence-corrected chi connectivity index (χ1v) is 8.18. The Morgan fingerprint density at radius 1 is 1.04 bits per heavy atom. The van der Waals surface area contributed by atoms with Gasteiger partial charge in [-0.3, -0.25) is 0 Å². The van der Waals surface area contributed by atoms with E-state index < -0.39 is 0 Å². The van der Waals surface area contributed by atoms with E-state index in [4.69, 9.17) is 14.7 Å². The first-order chi connectivity index (χ1) is 12.2. The third kappa shape index (κ3) is 3.09. The van der Waals surface area contributed by atoms with Crippen molar-refractivity contribution in [3.05, 3.63) is 53.6 Å². The zero-order valence-corrected chi connectivity index (χ0v) is 13.5. The van der Waals surface area contributed by atoms with Crippen molar-refractivity contribution in [2.45, 2.75) is 18.4 Å². The molecule has 0 unspecified atom stereocenters. The number of ether oxygens (including phenoxy) is 2. The molecule has 2 aromatic carbocycles. The fraction of sp³-hybridized carbons (Fsp3) is 0.263. The van der Waals surface area contributed by atoms with Crippen molar-refractivity contribution in [1.29, 1.82) is 5.26 Å². The molecule has 0 aromatic heterocycles. The van der Waals surface area contributed by atoms with Crippen LogP contribution in [0.1, 0.15) is 24.0 Å². The molecule has 0 atom stereocenters. The summed E-state index contributed by atoms with van der Waals surface area (Å²) in [7, 11) is 0. The van der Waals surface area contributed by atoms with Crippen LogP contribution in [0.5, 0.6) is 11.5 Å². The highest BCUT2D eigenvalue weighted by molar-refractivity contribution is 5.90. The molecule has 2 aromatic rings. The van der Waals surface area contributed by atoms with E-state index in [0.29, 0.717) is 24.5 Å². The first kappa shape index (κ1) is 15.3. The second-order valence-electron chi connectivity index (χ2n) is 6.21. The number of amides is 2. The molecule has 4 rings (SSSR count). The zero-order valence-electron chi connectivity index (χ0n) is 13.5. The van der Waals surface area contributed by atoms with Gasteiger partial charge in [0.05, 0.1) is 17.2 Å². The summed E-state index contributed by atoms with van der Waals surface area (Å²) in [5, 5.41) is 14.7. The van der Waals surface area contributed by atoms with Crippen LogP contribution in [0, 0.1) is 11.3 Å². The van der Waals surface area contributed by atoms with Crippen molar-refractivity contribution in [3.8, 4) is 17.6 Å². The molecule has 2 N–H and O–H groups in total. The molecule has 0 radical (unpaired) electrons. The molecule has 2 aliphatic rings. The molecule has 1 saturated carbocycles. The average molecular weight is 335 g/mol. The Balaban J connectivity index is 1.46. The maximum atomic E-state index is 12.3. The Morgan fingerprint density at radius 2 is 1.76 bits per heavy atom. The van der Waals surface area contributed by atoms with E-state index in [1.165, 1.54) is 0 Å². The van der Waals surface area contributed by atoms with Crippen molar-refractivity contribution in [3.63, 3.8) is 0 Å². The number of carbonyl (C=O) groups is 1. The number of nitrogens with zero attached hydrogens (tertiary/aromatic N) is 1. The highest BCUT2D eigenvalue weighted by Crippen LogP contribution is 2.47. The number of anilines is 1. The number of urea groups is 1. The second kappa shape index (κ2) is 6.02. The van der Waals surface area contributed by atoms with Crippen LogP contribution in [0.2, 0.25) is 0 Å². The van der Waals surface area contributed by atoms with E-state index in [-0.39, 0.29) is 11.6 Å². The van der Waals surface area contributed by atoms with E-state index in [9.17, 15) is 4.79 Å². The molecule has 1 heterocycles. The van der Waals surface area contributed by atoms with Gasteiger partial charge in [-0.2, -0.15) is 5.26 Å². The molecule has 0 saturated heterocycles. The molecular weight excluding hydrogens is 318 g/mol. The number of fused-ring (bicyclic) bond motifs is 1. The van der Waals surface area contributed by atoms with Crippen molar-refractivity contribution in [2.75, 3.05) is 18.5 Å². The minimum Gasteiger partial charge on any atom is -0.486 e. The van der Waals surface area contributed by atoms with Gasteiger partial charge in [-0.15, -0.1) is 0 Å². The molecule has 126 valence electrons. The van der Waals surface area contributed by atoms with Gasteiger partial charge in [0.25, 0.3) is 0 Å². The van der Waals surface area contributed by atoms with Crippen LogP contribution in [0.15, 0.2) is 42.5 Å². The van der Waals surface area contributed by atoms with Crippen molar-refractivity contribution < 1.29 is 14.3 Å². The Morgan fingerprint density at radius 3 is 2.44 bits per heavy atom. The summed E-state index contributed by atoms with van der Waals surface area (Å²) in [4.78, 5) is 12.3. The minimum atomic E-state index is -0.355. The highest BCUT2D eigenvalue weighted by Gasteiger charge is 2.46. The first-order valence-electron chi connectivity index (χ1n) is 8.18. The van der Waals surface area contributed by atoms with Crippen LogP contribution in [0.4, 0.5) is 10.5 Å². The van der Waals surface area contributed by atoms with Gasteiger partial charge in [-0.05, 0) is 54.8 Å². The van der Waals surface area contributed by atoms with Gasteiger partial charge < -0.3 is 20.1 Å². The van der Waals surface area contributed by atoms with E-state index in [2.05, 4.69) is 16.7 Å². The van der Waals surface area contributed by atoms with Crippen LogP contribution >= 0.6 is 0 Å². The maximum absolute atomic E-state index is 12.3. The standard InChI is InChI=1S/C19H17N3O3/c20-12-13-1-4-15(5-2-13)21-18(23)22-19(7-8-19)14-3-6-16-17(11-14)25-10-9-24-16/h1-6,11H,7-10H2,(H2,21,22,23). The van der Waals surface area contributed by atoms with Crippen LogP contribution in [0.25, 0.3) is 0 Å². The minimum absolute atomic E-state index is 0.267. The summed E-state index contributed by atoms with van der Waals surface area (Å²) < 4.78 is 11.2. The summed E-state index contributed by atoms with van der Waals surface area (Å²) in [6.07, 6.45) is 1.76. The third-order valence-corrected chi connectivity index (χ3v) is 4.47. The number of hydrogen-bond acceptors (Lipinski definition) is 4. The fourth-order valence-corrected chi connectivity index (χ4v) is 2.96.